The summed E-state index contributed by atoms with van der Waals surface area (Å²) >= 11 is 5.96. The van der Waals surface area contributed by atoms with Crippen LogP contribution in [0.1, 0.15) is 44.2 Å². The van der Waals surface area contributed by atoms with Crippen molar-refractivity contribution in [3.05, 3.63) is 70.2 Å². The number of ether oxygens (including phenoxy) is 1. The fraction of sp³-hybridized carbons (Fsp3) is 0.400. The van der Waals surface area contributed by atoms with Gasteiger partial charge in [0.25, 0.3) is 0 Å². The third kappa shape index (κ3) is 5.22. The van der Waals surface area contributed by atoms with Crippen molar-refractivity contribution in [3.63, 3.8) is 0 Å². The van der Waals surface area contributed by atoms with Crippen LogP contribution in [0.2, 0.25) is 5.02 Å². The number of rotatable bonds is 4. The Hall–Kier alpha value is -3.03. The molecule has 0 aliphatic carbocycles. The van der Waals surface area contributed by atoms with Crippen LogP contribution < -0.4 is 5.32 Å². The lowest BCUT2D eigenvalue weighted by atomic mass is 9.63. The van der Waals surface area contributed by atoms with E-state index in [2.05, 4.69) is 16.1 Å². The predicted octanol–water partition coefficient (Wildman–Crippen LogP) is 5.57. The lowest BCUT2D eigenvalue weighted by molar-refractivity contribution is -0.202. The molecule has 0 bridgehead atoms. The Kier molecular flexibility index (Phi) is 7.49. The Bertz CT molecular complexity index is 1200. The van der Waals surface area contributed by atoms with Gasteiger partial charge in [-0.25, -0.2) is 18.4 Å². The molecule has 0 aromatic heterocycles. The normalized spacial score (nSPS) is 24.3. The predicted molar refractivity (Wildman–Crippen MR) is 120 cm³/mol. The molecular formula is C25H22ClF5N2O3. The van der Waals surface area contributed by atoms with E-state index in [-0.39, 0.29) is 22.6 Å². The Balaban J connectivity index is 2.29. The van der Waals surface area contributed by atoms with Crippen molar-refractivity contribution in [2.45, 2.75) is 56.8 Å². The van der Waals surface area contributed by atoms with Crippen LogP contribution in [0.4, 0.5) is 22.0 Å². The van der Waals surface area contributed by atoms with Gasteiger partial charge in [-0.05, 0) is 41.2 Å². The molecule has 1 saturated heterocycles. The number of nitriles is 1. The topological polar surface area (TPSA) is 79.2 Å². The van der Waals surface area contributed by atoms with Crippen molar-refractivity contribution < 1.29 is 36.3 Å². The molecular weight excluding hydrogens is 507 g/mol. The molecule has 1 aliphatic heterocycles. The number of nitrogens with one attached hydrogen (secondary N) is 1. The zero-order valence-electron chi connectivity index (χ0n) is 19.4. The third-order valence-electron chi connectivity index (χ3n) is 6.07. The van der Waals surface area contributed by atoms with E-state index in [9.17, 15) is 32.4 Å². The molecule has 1 fully saturated rings. The molecule has 192 valence electrons. The van der Waals surface area contributed by atoms with Gasteiger partial charge in [-0.15, -0.1) is 0 Å². The first-order chi connectivity index (χ1) is 16.6. The molecule has 4 atom stereocenters. The zero-order chi connectivity index (χ0) is 27.1. The fourth-order valence-electron chi connectivity index (χ4n) is 4.68. The SMILES string of the molecule is CC(C)(C)C[C@@H]1N[C@@H](C(=O)OC(=O)C(F)(F)F)[C@H](c2cccc(Cl)c2F)[C@@]1(C#N)c1ccc(F)cc1. The number of benzene rings is 2. The highest BCUT2D eigenvalue weighted by Gasteiger charge is 2.61. The van der Waals surface area contributed by atoms with Gasteiger partial charge in [0.05, 0.1) is 11.1 Å². The van der Waals surface area contributed by atoms with E-state index in [1.807, 2.05) is 20.8 Å². The van der Waals surface area contributed by atoms with Gasteiger partial charge in [-0.2, -0.15) is 18.4 Å². The van der Waals surface area contributed by atoms with Crippen LogP contribution in [0.25, 0.3) is 0 Å². The first-order valence-corrected chi connectivity index (χ1v) is 11.2. The highest BCUT2D eigenvalue weighted by molar-refractivity contribution is 6.30. The van der Waals surface area contributed by atoms with Crippen molar-refractivity contribution in [3.8, 4) is 6.07 Å². The Morgan fingerprint density at radius 2 is 1.72 bits per heavy atom. The Morgan fingerprint density at radius 1 is 1.11 bits per heavy atom. The summed E-state index contributed by atoms with van der Waals surface area (Å²) < 4.78 is 71.7. The molecule has 11 heteroatoms. The molecule has 2 aromatic carbocycles. The number of alkyl halides is 3. The standard InChI is InChI=1S/C25H22ClF5N2O3/c1-23(2,3)11-17-24(12-32,13-7-9-14(27)10-8-13)18(15-5-4-6-16(26)19(15)28)20(33-17)21(34)36-22(35)25(29,30)31/h4-10,17-18,20,33H,11H2,1-3H3/t17-,18-,20+,24-/m0/s1. The molecule has 1 N–H and O–H groups in total. The molecule has 5 nitrogen and oxygen atoms in total. The van der Waals surface area contributed by atoms with Crippen LogP contribution in [-0.2, 0) is 19.7 Å². The van der Waals surface area contributed by atoms with Crippen molar-refractivity contribution in [2.75, 3.05) is 0 Å². The monoisotopic (exact) mass is 528 g/mol. The second kappa shape index (κ2) is 9.79. The number of nitrogens with zero attached hydrogens (tertiary/aromatic N) is 1. The Morgan fingerprint density at radius 3 is 2.25 bits per heavy atom. The van der Waals surface area contributed by atoms with Gasteiger partial charge >= 0.3 is 18.1 Å². The highest BCUT2D eigenvalue weighted by Crippen LogP contribution is 2.52. The third-order valence-corrected chi connectivity index (χ3v) is 6.36. The molecule has 0 unspecified atom stereocenters. The van der Waals surface area contributed by atoms with Gasteiger partial charge in [0.2, 0.25) is 0 Å². The second-order valence-corrected chi connectivity index (χ2v) is 10.2. The maximum absolute atomic E-state index is 15.3. The van der Waals surface area contributed by atoms with Crippen molar-refractivity contribution in [1.29, 1.82) is 5.26 Å². The van der Waals surface area contributed by atoms with Gasteiger partial charge in [0.15, 0.2) is 0 Å². The number of hydrogen-bond acceptors (Lipinski definition) is 5. The zero-order valence-corrected chi connectivity index (χ0v) is 20.2. The van der Waals surface area contributed by atoms with Gasteiger partial charge in [0, 0.05) is 12.0 Å². The van der Waals surface area contributed by atoms with Crippen molar-refractivity contribution >= 4 is 23.5 Å². The summed E-state index contributed by atoms with van der Waals surface area (Å²) in [5, 5.41) is 13.1. The Labute approximate surface area is 209 Å². The molecule has 0 spiro atoms. The van der Waals surface area contributed by atoms with Crippen LogP contribution in [-0.4, -0.2) is 30.2 Å². The second-order valence-electron chi connectivity index (χ2n) is 9.78. The van der Waals surface area contributed by atoms with E-state index in [0.717, 1.165) is 12.1 Å². The summed E-state index contributed by atoms with van der Waals surface area (Å²) in [6, 6.07) is 8.00. The molecule has 0 saturated carbocycles. The molecule has 2 aromatic rings. The van der Waals surface area contributed by atoms with Crippen LogP contribution in [0.3, 0.4) is 0 Å². The van der Waals surface area contributed by atoms with E-state index >= 15 is 4.39 Å². The molecule has 0 amide bonds. The number of carbonyl (C=O) groups is 2. The van der Waals surface area contributed by atoms with Gasteiger partial charge in [-0.3, -0.25) is 5.32 Å². The molecule has 3 rings (SSSR count). The van der Waals surface area contributed by atoms with Gasteiger partial charge < -0.3 is 4.74 Å². The minimum absolute atomic E-state index is 0.188. The molecule has 1 aliphatic rings. The first kappa shape index (κ1) is 27.6. The average molecular weight is 529 g/mol. The van der Waals surface area contributed by atoms with E-state index in [1.165, 1.54) is 30.3 Å². The fourth-order valence-corrected chi connectivity index (χ4v) is 4.86. The lowest BCUT2D eigenvalue weighted by Crippen LogP contribution is -2.44. The minimum atomic E-state index is -5.46. The van der Waals surface area contributed by atoms with Crippen molar-refractivity contribution in [1.82, 2.24) is 5.32 Å². The van der Waals surface area contributed by atoms with E-state index in [1.54, 1.807) is 0 Å². The summed E-state index contributed by atoms with van der Waals surface area (Å²) in [7, 11) is 0. The molecule has 0 radical (unpaired) electrons. The summed E-state index contributed by atoms with van der Waals surface area (Å²) in [6.07, 6.45) is -5.27. The van der Waals surface area contributed by atoms with Crippen LogP contribution >= 0.6 is 11.6 Å². The largest absolute Gasteiger partial charge is 0.491 e. The number of carbonyl (C=O) groups excluding carboxylic acids is 2. The maximum atomic E-state index is 15.3. The van der Waals surface area contributed by atoms with Crippen LogP contribution in [0.5, 0.6) is 0 Å². The number of esters is 2. The van der Waals surface area contributed by atoms with E-state index in [0.29, 0.717) is 0 Å². The van der Waals surface area contributed by atoms with Crippen LogP contribution in [0, 0.1) is 28.4 Å². The lowest BCUT2D eigenvalue weighted by Gasteiger charge is -2.37. The number of hydrogen-bond donors (Lipinski definition) is 1. The molecule has 36 heavy (non-hydrogen) atoms. The van der Waals surface area contributed by atoms with E-state index in [4.69, 9.17) is 11.6 Å². The van der Waals surface area contributed by atoms with E-state index < -0.39 is 58.6 Å². The first-order valence-electron chi connectivity index (χ1n) is 10.8. The number of halogens is 6. The average Bonchev–Trinajstić information content (AvgIpc) is 3.08. The van der Waals surface area contributed by atoms with Gasteiger partial charge in [-0.1, -0.05) is 56.6 Å². The van der Waals surface area contributed by atoms with Crippen molar-refractivity contribution in [2.24, 2.45) is 5.41 Å². The summed E-state index contributed by atoms with van der Waals surface area (Å²) in [5.74, 6) is -7.50. The van der Waals surface area contributed by atoms with Crippen LogP contribution in [0.15, 0.2) is 42.5 Å². The summed E-state index contributed by atoms with van der Waals surface area (Å²) in [5.41, 5.74) is -2.34. The highest BCUT2D eigenvalue weighted by atomic mass is 35.5. The quantitative estimate of drug-likeness (QED) is 0.319. The molecule has 1 heterocycles. The van der Waals surface area contributed by atoms with Gasteiger partial charge in [0.1, 0.15) is 23.1 Å². The smallest absolute Gasteiger partial charge is 0.385 e. The maximum Gasteiger partial charge on any atom is 0.491 e. The minimum Gasteiger partial charge on any atom is -0.385 e. The summed E-state index contributed by atoms with van der Waals surface area (Å²) in [4.78, 5) is 24.4. The summed E-state index contributed by atoms with van der Waals surface area (Å²) in [6.45, 7) is 5.49.